The molecular weight excluding hydrogens is 158 g/mol. The highest BCUT2D eigenvalue weighted by Crippen LogP contribution is 2.82. The highest BCUT2D eigenvalue weighted by atomic mass is 15.0. The second kappa shape index (κ2) is 1.60. The van der Waals surface area contributed by atoms with E-state index in [0.29, 0.717) is 0 Å². The molecule has 0 amide bonds. The van der Waals surface area contributed by atoms with E-state index in [2.05, 4.69) is 12.4 Å². The summed E-state index contributed by atoms with van der Waals surface area (Å²) in [5.41, 5.74) is 0. The summed E-state index contributed by atoms with van der Waals surface area (Å²) in [5.74, 6) is 9.44. The normalized spacial score (nSPS) is 79.6. The average molecular weight is 175 g/mol. The second-order valence-electron chi connectivity index (χ2n) is 6.25. The predicted octanol–water partition coefficient (Wildman–Crippen LogP) is 1.35. The monoisotopic (exact) mass is 175 g/mol. The van der Waals surface area contributed by atoms with Crippen LogP contribution in [-0.2, 0) is 0 Å². The lowest BCUT2D eigenvalue weighted by molar-refractivity contribution is 0.132. The standard InChI is InChI=1S/C12H17N/c1-13-12-10-6-2-4-5-3-7(8(4)10)11(12)9(5)6/h4-13H,2-3H2,1H3/t4-,5+,6-,7+,8-,9-,10-,11+,12?/m1/s1. The first kappa shape index (κ1) is 6.44. The molecule has 0 aromatic heterocycles. The topological polar surface area (TPSA) is 12.0 Å². The summed E-state index contributed by atoms with van der Waals surface area (Å²) in [4.78, 5) is 0. The van der Waals surface area contributed by atoms with Gasteiger partial charge in [-0.05, 0) is 67.2 Å². The Bertz CT molecular complexity index is 271. The molecule has 1 nitrogen and oxygen atoms in total. The zero-order valence-corrected chi connectivity index (χ0v) is 8.11. The van der Waals surface area contributed by atoms with Crippen LogP contribution in [0.3, 0.4) is 0 Å². The van der Waals surface area contributed by atoms with Crippen LogP contribution in [0.2, 0.25) is 0 Å². The van der Waals surface area contributed by atoms with Gasteiger partial charge < -0.3 is 5.32 Å². The van der Waals surface area contributed by atoms with Crippen molar-refractivity contribution in [3.05, 3.63) is 0 Å². The summed E-state index contributed by atoms with van der Waals surface area (Å²) in [6.45, 7) is 0. The summed E-state index contributed by atoms with van der Waals surface area (Å²) in [6, 6.07) is 0.947. The molecule has 6 rings (SSSR count). The zero-order chi connectivity index (χ0) is 8.32. The lowest BCUT2D eigenvalue weighted by Crippen LogP contribution is -2.31. The van der Waals surface area contributed by atoms with Crippen molar-refractivity contribution in [3.63, 3.8) is 0 Å². The number of rotatable bonds is 1. The van der Waals surface area contributed by atoms with Crippen molar-refractivity contribution >= 4 is 0 Å². The zero-order valence-electron chi connectivity index (χ0n) is 8.11. The van der Waals surface area contributed by atoms with Gasteiger partial charge in [0, 0.05) is 6.04 Å². The van der Waals surface area contributed by atoms with Crippen LogP contribution in [0.15, 0.2) is 0 Å². The molecule has 0 spiro atoms. The fourth-order valence-electron chi connectivity index (χ4n) is 7.01. The Morgan fingerprint density at radius 1 is 0.769 bits per heavy atom. The molecule has 6 saturated carbocycles. The van der Waals surface area contributed by atoms with Crippen LogP contribution >= 0.6 is 0 Å². The molecule has 6 fully saturated rings. The van der Waals surface area contributed by atoms with Crippen LogP contribution in [0.4, 0.5) is 0 Å². The van der Waals surface area contributed by atoms with Crippen molar-refractivity contribution in [3.8, 4) is 0 Å². The highest BCUT2D eigenvalue weighted by molar-refractivity contribution is 5.29. The number of nitrogens with one attached hydrogen (secondary N) is 1. The Morgan fingerprint density at radius 2 is 1.31 bits per heavy atom. The molecule has 0 heterocycles. The van der Waals surface area contributed by atoms with Gasteiger partial charge in [0.25, 0.3) is 0 Å². The van der Waals surface area contributed by atoms with Gasteiger partial charge >= 0.3 is 0 Å². The molecule has 0 aliphatic heterocycles. The van der Waals surface area contributed by atoms with Crippen LogP contribution < -0.4 is 5.32 Å². The maximum Gasteiger partial charge on any atom is 0.0132 e. The van der Waals surface area contributed by atoms with Crippen LogP contribution in [0.25, 0.3) is 0 Å². The van der Waals surface area contributed by atoms with Crippen LogP contribution in [0.1, 0.15) is 12.8 Å². The van der Waals surface area contributed by atoms with Gasteiger partial charge in [-0.1, -0.05) is 0 Å². The fourth-order valence-corrected chi connectivity index (χ4v) is 7.01. The SMILES string of the molecule is CNC1[C@@H]2[C@@H]3C[C@@H]4[C@@H]5C[C@H]([C@H]1[C@H]53)[C@@H]42. The van der Waals surface area contributed by atoms with E-state index in [1.807, 2.05) is 0 Å². The number of hydrogen-bond acceptors (Lipinski definition) is 1. The van der Waals surface area contributed by atoms with Gasteiger partial charge in [0.05, 0.1) is 0 Å². The van der Waals surface area contributed by atoms with Gasteiger partial charge in [0.2, 0.25) is 0 Å². The van der Waals surface area contributed by atoms with Crippen molar-refractivity contribution in [2.24, 2.45) is 47.3 Å². The molecule has 6 aliphatic carbocycles. The lowest BCUT2D eigenvalue weighted by atomic mass is 9.71. The average Bonchev–Trinajstić information content (AvgIpc) is 2.78. The Balaban J connectivity index is 1.79. The number of hydrogen-bond donors (Lipinski definition) is 1. The molecule has 70 valence electrons. The Hall–Kier alpha value is -0.0400. The molecular formula is C12H17N. The predicted molar refractivity (Wildman–Crippen MR) is 50.0 cm³/mol. The minimum atomic E-state index is 0.947. The Kier molecular flexibility index (Phi) is 0.793. The largest absolute Gasteiger partial charge is 0.316 e. The van der Waals surface area contributed by atoms with Gasteiger partial charge in [0.1, 0.15) is 0 Å². The Morgan fingerprint density at radius 3 is 1.77 bits per heavy atom. The molecule has 0 aromatic rings. The molecule has 1 heteroatoms. The second-order valence-corrected chi connectivity index (χ2v) is 6.25. The molecule has 6 bridgehead atoms. The van der Waals surface area contributed by atoms with Crippen molar-refractivity contribution in [1.29, 1.82) is 0 Å². The van der Waals surface area contributed by atoms with Crippen molar-refractivity contribution in [1.82, 2.24) is 5.32 Å². The summed E-state index contributed by atoms with van der Waals surface area (Å²) < 4.78 is 0. The van der Waals surface area contributed by atoms with E-state index in [-0.39, 0.29) is 0 Å². The van der Waals surface area contributed by atoms with Gasteiger partial charge in [-0.15, -0.1) is 0 Å². The maximum atomic E-state index is 3.64. The van der Waals surface area contributed by atoms with Gasteiger partial charge in [-0.25, -0.2) is 0 Å². The van der Waals surface area contributed by atoms with E-state index < -0.39 is 0 Å². The van der Waals surface area contributed by atoms with Gasteiger partial charge in [0.15, 0.2) is 0 Å². The van der Waals surface area contributed by atoms with Crippen LogP contribution in [0.5, 0.6) is 0 Å². The Labute approximate surface area is 79.3 Å². The van der Waals surface area contributed by atoms with E-state index in [1.165, 1.54) is 35.5 Å². The van der Waals surface area contributed by atoms with E-state index in [4.69, 9.17) is 0 Å². The van der Waals surface area contributed by atoms with Gasteiger partial charge in [-0.2, -0.15) is 0 Å². The van der Waals surface area contributed by atoms with Crippen molar-refractivity contribution in [2.45, 2.75) is 18.9 Å². The molecule has 1 N–H and O–H groups in total. The summed E-state index contributed by atoms with van der Waals surface area (Å²) >= 11 is 0. The molecule has 0 saturated heterocycles. The van der Waals surface area contributed by atoms with Crippen molar-refractivity contribution < 1.29 is 0 Å². The highest BCUT2D eigenvalue weighted by Gasteiger charge is 2.79. The minimum Gasteiger partial charge on any atom is -0.316 e. The maximum absolute atomic E-state index is 3.64. The molecule has 0 aromatic carbocycles. The molecule has 1 unspecified atom stereocenters. The first-order valence-corrected chi connectivity index (χ1v) is 6.09. The lowest BCUT2D eigenvalue weighted by Gasteiger charge is -2.33. The molecule has 13 heavy (non-hydrogen) atoms. The molecule has 0 radical (unpaired) electrons. The van der Waals surface area contributed by atoms with E-state index >= 15 is 0 Å². The third-order valence-electron chi connectivity index (χ3n) is 6.66. The van der Waals surface area contributed by atoms with Gasteiger partial charge in [-0.3, -0.25) is 0 Å². The summed E-state index contributed by atoms with van der Waals surface area (Å²) in [5, 5.41) is 3.64. The third-order valence-corrected chi connectivity index (χ3v) is 6.66. The first-order valence-electron chi connectivity index (χ1n) is 6.09. The summed E-state index contributed by atoms with van der Waals surface area (Å²) in [7, 11) is 2.20. The third kappa shape index (κ3) is 0.407. The first-order chi connectivity index (χ1) is 6.42. The van der Waals surface area contributed by atoms with Crippen molar-refractivity contribution in [2.75, 3.05) is 7.05 Å². The van der Waals surface area contributed by atoms with E-state index in [0.717, 1.165) is 17.9 Å². The fraction of sp³-hybridized carbons (Fsp3) is 1.00. The minimum absolute atomic E-state index is 0.947. The molecule has 6 aliphatic rings. The van der Waals surface area contributed by atoms with E-state index in [1.54, 1.807) is 12.8 Å². The van der Waals surface area contributed by atoms with Crippen LogP contribution in [0, 0.1) is 47.3 Å². The molecule has 9 atom stereocenters. The van der Waals surface area contributed by atoms with E-state index in [9.17, 15) is 0 Å². The quantitative estimate of drug-likeness (QED) is 0.634. The summed E-state index contributed by atoms with van der Waals surface area (Å²) in [6.07, 6.45) is 3.27. The smallest absolute Gasteiger partial charge is 0.0132 e. The van der Waals surface area contributed by atoms with Crippen LogP contribution in [-0.4, -0.2) is 13.1 Å².